The summed E-state index contributed by atoms with van der Waals surface area (Å²) in [6.45, 7) is 3.60. The van der Waals surface area contributed by atoms with Gasteiger partial charge in [0.1, 0.15) is 6.10 Å². The lowest BCUT2D eigenvalue weighted by molar-refractivity contribution is -0.123. The molecule has 0 saturated heterocycles. The van der Waals surface area contributed by atoms with E-state index in [0.29, 0.717) is 5.69 Å². The summed E-state index contributed by atoms with van der Waals surface area (Å²) in [5.41, 5.74) is 7.23. The molecule has 2 aromatic carbocycles. The predicted molar refractivity (Wildman–Crippen MR) is 88.2 cm³/mol. The molecule has 0 aliphatic heterocycles. The Hall–Kier alpha value is -2.33. The molecule has 4 nitrogen and oxygen atoms in total. The van der Waals surface area contributed by atoms with Crippen LogP contribution in [-0.2, 0) is 11.2 Å². The first-order chi connectivity index (χ1) is 10.4. The average molecular weight is 298 g/mol. The van der Waals surface area contributed by atoms with E-state index in [1.54, 1.807) is 19.9 Å². The molecule has 0 bridgehead atoms. The fraction of sp³-hybridized carbons (Fsp3) is 0.278. The van der Waals surface area contributed by atoms with Crippen LogP contribution < -0.4 is 11.1 Å². The fourth-order valence-corrected chi connectivity index (χ4v) is 2.39. The van der Waals surface area contributed by atoms with Crippen LogP contribution in [0.3, 0.4) is 0 Å². The van der Waals surface area contributed by atoms with Crippen molar-refractivity contribution in [2.45, 2.75) is 31.9 Å². The summed E-state index contributed by atoms with van der Waals surface area (Å²) in [7, 11) is 0. The van der Waals surface area contributed by atoms with Gasteiger partial charge in [0.05, 0.1) is 12.0 Å². The Kier molecular flexibility index (Phi) is 4.83. The average Bonchev–Trinajstić information content (AvgIpc) is 2.49. The summed E-state index contributed by atoms with van der Waals surface area (Å²) in [5.74, 6) is -0.169. The molecule has 22 heavy (non-hydrogen) atoms. The van der Waals surface area contributed by atoms with Gasteiger partial charge in [0.25, 0.3) is 0 Å². The van der Waals surface area contributed by atoms with Crippen molar-refractivity contribution in [3.8, 4) is 0 Å². The number of rotatable bonds is 5. The van der Waals surface area contributed by atoms with Gasteiger partial charge in [0, 0.05) is 5.69 Å². The number of nitrogens with two attached hydrogens (primary N) is 1. The second-order valence-electron chi connectivity index (χ2n) is 5.96. The molecule has 0 aliphatic carbocycles. The van der Waals surface area contributed by atoms with Crippen LogP contribution in [0.2, 0.25) is 0 Å². The van der Waals surface area contributed by atoms with Crippen LogP contribution in [0.5, 0.6) is 0 Å². The largest absolute Gasteiger partial charge is 0.398 e. The van der Waals surface area contributed by atoms with Crippen LogP contribution in [0.25, 0.3) is 0 Å². The number of hydrogen-bond acceptors (Lipinski definition) is 3. The van der Waals surface area contributed by atoms with E-state index in [2.05, 4.69) is 5.32 Å². The monoisotopic (exact) mass is 298 g/mol. The van der Waals surface area contributed by atoms with E-state index in [0.717, 1.165) is 11.1 Å². The third-order valence-corrected chi connectivity index (χ3v) is 3.67. The molecule has 0 heterocycles. The maximum Gasteiger partial charge on any atom is 0.225 e. The highest BCUT2D eigenvalue weighted by atomic mass is 16.3. The van der Waals surface area contributed by atoms with Gasteiger partial charge in [-0.15, -0.1) is 0 Å². The molecule has 0 aliphatic rings. The Bertz CT molecular complexity index is 639. The molecule has 0 fully saturated rings. The third-order valence-electron chi connectivity index (χ3n) is 3.67. The Morgan fingerprint density at radius 1 is 1.14 bits per heavy atom. The van der Waals surface area contributed by atoms with Crippen molar-refractivity contribution in [1.82, 2.24) is 5.32 Å². The number of nitrogen functional groups attached to an aromatic ring is 1. The molecule has 4 N–H and O–H groups in total. The van der Waals surface area contributed by atoms with Gasteiger partial charge in [0.15, 0.2) is 0 Å². The van der Waals surface area contributed by atoms with Gasteiger partial charge in [-0.05, 0) is 31.0 Å². The van der Waals surface area contributed by atoms with E-state index in [1.165, 1.54) is 0 Å². The molecular formula is C18H22N2O2. The van der Waals surface area contributed by atoms with Gasteiger partial charge in [-0.2, -0.15) is 0 Å². The maximum atomic E-state index is 12.2. The van der Waals surface area contributed by atoms with Crippen LogP contribution in [0.1, 0.15) is 31.1 Å². The van der Waals surface area contributed by atoms with Crippen LogP contribution in [-0.4, -0.2) is 16.6 Å². The summed E-state index contributed by atoms with van der Waals surface area (Å²) >= 11 is 0. The lowest BCUT2D eigenvalue weighted by Crippen LogP contribution is -2.48. The highest BCUT2D eigenvalue weighted by Crippen LogP contribution is 2.25. The second kappa shape index (κ2) is 6.62. The Labute approximate surface area is 131 Å². The van der Waals surface area contributed by atoms with Gasteiger partial charge in [-0.1, -0.05) is 48.5 Å². The van der Waals surface area contributed by atoms with Gasteiger partial charge in [-0.25, -0.2) is 0 Å². The van der Waals surface area contributed by atoms with Crippen molar-refractivity contribution in [3.05, 3.63) is 65.7 Å². The zero-order valence-electron chi connectivity index (χ0n) is 12.9. The third kappa shape index (κ3) is 3.86. The number of aliphatic hydroxyl groups is 1. The SMILES string of the molecule is CC(C)(NC(=O)Cc1ccccc1N)[C@@H](O)c1ccccc1. The summed E-state index contributed by atoms with van der Waals surface area (Å²) < 4.78 is 0. The zero-order valence-corrected chi connectivity index (χ0v) is 12.9. The topological polar surface area (TPSA) is 75.4 Å². The normalized spacial score (nSPS) is 12.7. The summed E-state index contributed by atoms with van der Waals surface area (Å²) in [5, 5.41) is 13.4. The van der Waals surface area contributed by atoms with Gasteiger partial charge < -0.3 is 16.2 Å². The van der Waals surface area contributed by atoms with Crippen molar-refractivity contribution >= 4 is 11.6 Å². The van der Waals surface area contributed by atoms with Gasteiger partial charge in [0.2, 0.25) is 5.91 Å². The fourth-order valence-electron chi connectivity index (χ4n) is 2.39. The predicted octanol–water partition coefficient (Wildman–Crippen LogP) is 2.44. The second-order valence-corrected chi connectivity index (χ2v) is 5.96. The maximum absolute atomic E-state index is 12.2. The van der Waals surface area contributed by atoms with Crippen molar-refractivity contribution in [2.24, 2.45) is 0 Å². The summed E-state index contributed by atoms with van der Waals surface area (Å²) in [4.78, 5) is 12.2. The number of anilines is 1. The minimum absolute atomic E-state index is 0.169. The first-order valence-corrected chi connectivity index (χ1v) is 7.27. The molecule has 0 spiro atoms. The van der Waals surface area contributed by atoms with Crippen LogP contribution in [0.4, 0.5) is 5.69 Å². The quantitative estimate of drug-likeness (QED) is 0.742. The van der Waals surface area contributed by atoms with Crippen LogP contribution in [0.15, 0.2) is 54.6 Å². The van der Waals surface area contributed by atoms with Crippen molar-refractivity contribution in [1.29, 1.82) is 0 Å². The minimum Gasteiger partial charge on any atom is -0.398 e. The van der Waals surface area contributed by atoms with E-state index < -0.39 is 11.6 Å². The van der Waals surface area contributed by atoms with Crippen LogP contribution >= 0.6 is 0 Å². The molecule has 1 atom stereocenters. The highest BCUT2D eigenvalue weighted by Gasteiger charge is 2.30. The molecule has 2 aromatic rings. The standard InChI is InChI=1S/C18H22N2O2/c1-18(2,17(22)13-8-4-3-5-9-13)20-16(21)12-14-10-6-7-11-15(14)19/h3-11,17,22H,12,19H2,1-2H3,(H,20,21)/t17-/m0/s1. The summed E-state index contributed by atoms with van der Waals surface area (Å²) in [6.07, 6.45) is -0.594. The van der Waals surface area contributed by atoms with E-state index in [-0.39, 0.29) is 12.3 Å². The number of carbonyl (C=O) groups is 1. The van der Waals surface area contributed by atoms with Crippen molar-refractivity contribution in [3.63, 3.8) is 0 Å². The van der Waals surface area contributed by atoms with E-state index >= 15 is 0 Å². The highest BCUT2D eigenvalue weighted by molar-refractivity contribution is 5.81. The Morgan fingerprint density at radius 2 is 1.73 bits per heavy atom. The first-order valence-electron chi connectivity index (χ1n) is 7.27. The van der Waals surface area contributed by atoms with E-state index in [9.17, 15) is 9.90 Å². The van der Waals surface area contributed by atoms with E-state index in [4.69, 9.17) is 5.73 Å². The molecule has 1 amide bonds. The number of benzene rings is 2. The number of amides is 1. The van der Waals surface area contributed by atoms with Crippen molar-refractivity contribution < 1.29 is 9.90 Å². The number of aliphatic hydroxyl groups excluding tert-OH is 1. The van der Waals surface area contributed by atoms with Crippen molar-refractivity contribution in [2.75, 3.05) is 5.73 Å². The Morgan fingerprint density at radius 3 is 2.36 bits per heavy atom. The molecule has 0 radical (unpaired) electrons. The van der Waals surface area contributed by atoms with Crippen LogP contribution in [0, 0.1) is 0 Å². The lowest BCUT2D eigenvalue weighted by atomic mass is 9.91. The molecular weight excluding hydrogens is 276 g/mol. The van der Waals surface area contributed by atoms with Gasteiger partial charge in [-0.3, -0.25) is 4.79 Å². The minimum atomic E-state index is -0.786. The molecule has 0 aromatic heterocycles. The smallest absolute Gasteiger partial charge is 0.225 e. The number of para-hydroxylation sites is 1. The molecule has 0 unspecified atom stereocenters. The van der Waals surface area contributed by atoms with E-state index in [1.807, 2.05) is 48.5 Å². The first kappa shape index (κ1) is 16.0. The zero-order chi connectivity index (χ0) is 16.2. The molecule has 116 valence electrons. The molecule has 0 saturated carbocycles. The Balaban J connectivity index is 2.05. The molecule has 2 rings (SSSR count). The van der Waals surface area contributed by atoms with Gasteiger partial charge >= 0.3 is 0 Å². The molecule has 4 heteroatoms. The number of hydrogen-bond donors (Lipinski definition) is 3. The number of nitrogens with one attached hydrogen (secondary N) is 1. The lowest BCUT2D eigenvalue weighted by Gasteiger charge is -2.32. The summed E-state index contributed by atoms with van der Waals surface area (Å²) in [6, 6.07) is 16.6. The number of carbonyl (C=O) groups excluding carboxylic acids is 1.